The van der Waals surface area contributed by atoms with Gasteiger partial charge in [-0.15, -0.1) is 0 Å². The number of rotatable bonds is 14. The molecule has 0 unspecified atom stereocenters. The second-order valence-corrected chi connectivity index (χ2v) is 29.9. The van der Waals surface area contributed by atoms with Crippen LogP contribution in [-0.4, -0.2) is 24.9 Å². The van der Waals surface area contributed by atoms with Crippen LogP contribution in [0.4, 0.5) is 0 Å². The maximum absolute atomic E-state index is 6.99. The first-order valence-corrected chi connectivity index (χ1v) is 28.8. The molecule has 0 heterocycles. The van der Waals surface area contributed by atoms with E-state index in [1.165, 1.54) is 0 Å². The first-order chi connectivity index (χ1) is 25.2. The van der Waals surface area contributed by atoms with Crippen molar-refractivity contribution in [3.8, 4) is 0 Å². The molecule has 0 saturated carbocycles. The van der Waals surface area contributed by atoms with Gasteiger partial charge in [-0.3, -0.25) is 0 Å². The molecule has 272 valence electrons. The summed E-state index contributed by atoms with van der Waals surface area (Å²) in [6.45, 7) is 20.4. The van der Waals surface area contributed by atoms with Crippen LogP contribution < -0.4 is 4.98 Å². The van der Waals surface area contributed by atoms with Crippen LogP contribution in [0.5, 0.6) is 0 Å². The van der Waals surface area contributed by atoms with Crippen LogP contribution in [0.1, 0.15) is 33.4 Å². The molecular weight excluding hydrogens is 695 g/mol. The molecule has 0 radical (unpaired) electrons. The molecule has 0 atom stereocenters. The molecule has 5 aromatic carbocycles. The molecule has 53 heavy (non-hydrogen) atoms. The largest absolute Gasteiger partial charge is 0.544 e. The minimum Gasteiger partial charge on any atom is -0.544 e. The molecule has 3 nitrogen and oxygen atoms in total. The molecule has 1 N–H and O–H groups in total. The van der Waals surface area contributed by atoms with E-state index in [4.69, 9.17) is 8.85 Å². The fourth-order valence-corrected chi connectivity index (χ4v) is 8.65. The molecule has 0 saturated heterocycles. The molecule has 5 aromatic rings. The summed E-state index contributed by atoms with van der Waals surface area (Å²) in [6.07, 6.45) is 6.56. The molecular formula is C47H55NO2Si3. The van der Waals surface area contributed by atoms with Crippen LogP contribution in [0.15, 0.2) is 169 Å². The minimum atomic E-state index is -2.02. The number of allylic oxidation sites excluding steroid dienone is 2. The maximum atomic E-state index is 6.99. The summed E-state index contributed by atoms with van der Waals surface area (Å²) in [4.78, 5) is 3.95. The maximum Gasteiger partial charge on any atom is 0.242 e. The van der Waals surface area contributed by atoms with Gasteiger partial charge < -0.3 is 13.8 Å². The highest BCUT2D eigenvalue weighted by atomic mass is 28.4. The van der Waals surface area contributed by atoms with Gasteiger partial charge in [-0.2, -0.15) is 0 Å². The fraction of sp³-hybridized carbons (Fsp3) is 0.191. The lowest BCUT2D eigenvalue weighted by Gasteiger charge is -2.27. The standard InChI is InChI=1S/C47H55NO2Si3/c1-51(2,3)48-43(36-45(50-53(7,8)9)47(41-26-18-12-19-27-41)42-28-20-13-21-29-42)38-33-30-37(31-34-38)32-35-44(49-52(4,5)6)46(39-22-14-10-15-23-39)40-24-16-11-17-25-40/h10-36,48H,1-9H3/b35-32-,43-36+. The zero-order valence-electron chi connectivity index (χ0n) is 32.9. The second kappa shape index (κ2) is 17.3. The van der Waals surface area contributed by atoms with Gasteiger partial charge in [-0.25, -0.2) is 0 Å². The highest BCUT2D eigenvalue weighted by molar-refractivity contribution is 6.74. The molecule has 5 rings (SSSR count). The van der Waals surface area contributed by atoms with Crippen molar-refractivity contribution in [2.45, 2.75) is 58.9 Å². The van der Waals surface area contributed by atoms with Crippen molar-refractivity contribution in [3.05, 3.63) is 203 Å². The lowest BCUT2D eigenvalue weighted by atomic mass is 9.96. The van der Waals surface area contributed by atoms with E-state index in [-0.39, 0.29) is 0 Å². The zero-order chi connectivity index (χ0) is 38.1. The van der Waals surface area contributed by atoms with Crippen molar-refractivity contribution in [2.24, 2.45) is 0 Å². The van der Waals surface area contributed by atoms with Crippen LogP contribution in [0.3, 0.4) is 0 Å². The van der Waals surface area contributed by atoms with Crippen molar-refractivity contribution in [1.29, 1.82) is 0 Å². The van der Waals surface area contributed by atoms with Gasteiger partial charge in [-0.05, 0) is 78.7 Å². The molecule has 0 bridgehead atoms. The Morgan fingerprint density at radius 2 is 0.792 bits per heavy atom. The van der Waals surface area contributed by atoms with E-state index < -0.39 is 24.9 Å². The molecule has 0 spiro atoms. The lowest BCUT2D eigenvalue weighted by molar-refractivity contribution is 0.444. The minimum absolute atomic E-state index is 0.888. The normalized spacial score (nSPS) is 12.3. The molecule has 6 heteroatoms. The van der Waals surface area contributed by atoms with Crippen molar-refractivity contribution in [1.82, 2.24) is 4.98 Å². The van der Waals surface area contributed by atoms with Crippen LogP contribution in [-0.2, 0) is 8.85 Å². The van der Waals surface area contributed by atoms with Gasteiger partial charge in [0.15, 0.2) is 0 Å². The Labute approximate surface area is 321 Å². The lowest BCUT2D eigenvalue weighted by Crippen LogP contribution is -2.40. The van der Waals surface area contributed by atoms with Crippen molar-refractivity contribution in [3.63, 3.8) is 0 Å². The summed E-state index contributed by atoms with van der Waals surface area (Å²) in [5.41, 5.74) is 10.00. The van der Waals surface area contributed by atoms with Crippen molar-refractivity contribution >= 4 is 47.8 Å². The molecule has 0 fully saturated rings. The number of nitrogens with one attached hydrogen (secondary N) is 1. The van der Waals surface area contributed by atoms with E-state index in [1.807, 2.05) is 0 Å². The average molecular weight is 750 g/mol. The summed E-state index contributed by atoms with van der Waals surface area (Å²) in [6, 6.07) is 51.1. The number of hydrogen-bond donors (Lipinski definition) is 1. The van der Waals surface area contributed by atoms with E-state index in [2.05, 4.69) is 228 Å². The fourth-order valence-electron chi connectivity index (χ4n) is 5.97. The molecule has 0 aliphatic heterocycles. The van der Waals surface area contributed by atoms with Crippen molar-refractivity contribution in [2.75, 3.05) is 0 Å². The van der Waals surface area contributed by atoms with E-state index in [9.17, 15) is 0 Å². The Bertz CT molecular complexity index is 1970. The van der Waals surface area contributed by atoms with Gasteiger partial charge >= 0.3 is 0 Å². The summed E-state index contributed by atoms with van der Waals surface area (Å²) < 4.78 is 13.8. The third-order valence-electron chi connectivity index (χ3n) is 8.01. The quantitative estimate of drug-likeness (QED) is 0.0697. The van der Waals surface area contributed by atoms with Crippen molar-refractivity contribution < 1.29 is 8.85 Å². The average Bonchev–Trinajstić information content (AvgIpc) is 3.11. The summed E-state index contributed by atoms with van der Waals surface area (Å²) in [5.74, 6) is 1.78. The molecule has 0 aliphatic rings. The second-order valence-electron chi connectivity index (χ2n) is 16.3. The Hall–Kier alpha value is -4.89. The van der Waals surface area contributed by atoms with Gasteiger partial charge in [0.05, 0.1) is 0 Å². The van der Waals surface area contributed by atoms with Gasteiger partial charge in [0.1, 0.15) is 19.8 Å². The highest BCUT2D eigenvalue weighted by Crippen LogP contribution is 2.33. The Kier molecular flexibility index (Phi) is 12.8. The Morgan fingerprint density at radius 3 is 1.15 bits per heavy atom. The third-order valence-corrected chi connectivity index (χ3v) is 10.7. The summed E-state index contributed by atoms with van der Waals surface area (Å²) in [5, 5.41) is 0. The zero-order valence-corrected chi connectivity index (χ0v) is 35.9. The first-order valence-electron chi connectivity index (χ1n) is 18.5. The molecule has 0 aromatic heterocycles. The smallest absolute Gasteiger partial charge is 0.242 e. The summed E-state index contributed by atoms with van der Waals surface area (Å²) >= 11 is 0. The van der Waals surface area contributed by atoms with E-state index in [0.717, 1.165) is 61.7 Å². The van der Waals surface area contributed by atoms with Crippen LogP contribution in [0, 0.1) is 0 Å². The van der Waals surface area contributed by atoms with E-state index in [1.54, 1.807) is 0 Å². The van der Waals surface area contributed by atoms with Gasteiger partial charge in [0.2, 0.25) is 16.6 Å². The third kappa shape index (κ3) is 12.1. The summed E-state index contributed by atoms with van der Waals surface area (Å²) in [7, 11) is -5.77. The molecule has 0 aliphatic carbocycles. The first kappa shape index (κ1) is 39.3. The Morgan fingerprint density at radius 1 is 0.434 bits per heavy atom. The Balaban J connectivity index is 1.63. The van der Waals surface area contributed by atoms with E-state index >= 15 is 0 Å². The van der Waals surface area contributed by atoms with Gasteiger partial charge in [0.25, 0.3) is 0 Å². The predicted molar refractivity (Wildman–Crippen MR) is 237 cm³/mol. The van der Waals surface area contributed by atoms with Gasteiger partial charge in [-0.1, -0.05) is 171 Å². The van der Waals surface area contributed by atoms with Crippen LogP contribution in [0.25, 0.3) is 22.9 Å². The number of hydrogen-bond acceptors (Lipinski definition) is 3. The van der Waals surface area contributed by atoms with E-state index in [0.29, 0.717) is 0 Å². The SMILES string of the molecule is C[Si](C)(C)N/C(=C/C(O[Si](C)(C)C)=C(c1ccccc1)c1ccccc1)c1ccc(/C=C\C(O[Si](C)(C)C)=C(c2ccccc2)c2ccccc2)cc1. The highest BCUT2D eigenvalue weighted by Gasteiger charge is 2.24. The molecule has 0 amide bonds. The van der Waals surface area contributed by atoms with Crippen LogP contribution in [0.2, 0.25) is 58.9 Å². The van der Waals surface area contributed by atoms with Gasteiger partial charge in [0, 0.05) is 22.9 Å². The number of benzene rings is 5. The van der Waals surface area contributed by atoms with Crippen LogP contribution >= 0.6 is 0 Å². The topological polar surface area (TPSA) is 30.5 Å². The predicted octanol–water partition coefficient (Wildman–Crippen LogP) is 13.1. The monoisotopic (exact) mass is 749 g/mol.